The number of hydrogen-bond donors (Lipinski definition) is 1. The van der Waals surface area contributed by atoms with Crippen molar-refractivity contribution in [2.24, 2.45) is 0 Å². The molecule has 0 aliphatic carbocycles. The summed E-state index contributed by atoms with van der Waals surface area (Å²) in [6, 6.07) is 7.09. The topological polar surface area (TPSA) is 87.5 Å². The molecule has 2 heterocycles. The molecular weight excluding hydrogens is 278 g/mol. The van der Waals surface area contributed by atoms with Crippen LogP contribution in [0.3, 0.4) is 0 Å². The third kappa shape index (κ3) is 2.27. The molecule has 0 unspecified atom stereocenters. The summed E-state index contributed by atoms with van der Waals surface area (Å²) in [5.74, 6) is 0.496. The molecule has 7 heteroatoms. The summed E-state index contributed by atoms with van der Waals surface area (Å²) in [5.41, 5.74) is 2.62. The first kappa shape index (κ1) is 12.4. The van der Waals surface area contributed by atoms with Gasteiger partial charge in [0.15, 0.2) is 12.3 Å². The van der Waals surface area contributed by atoms with Gasteiger partial charge in [-0.3, -0.25) is 5.10 Å². The predicted octanol–water partition coefficient (Wildman–Crippen LogP) is 2.58. The van der Waals surface area contributed by atoms with Crippen molar-refractivity contribution in [1.82, 2.24) is 20.2 Å². The fourth-order valence-electron chi connectivity index (χ4n) is 1.80. The monoisotopic (exact) mass is 285 g/mol. The van der Waals surface area contributed by atoms with Crippen LogP contribution in [0.15, 0.2) is 30.6 Å². The number of aromatic amines is 1. The number of fused-ring (bicyclic) bond motifs is 1. The van der Waals surface area contributed by atoms with E-state index < -0.39 is 0 Å². The number of benzene rings is 1. The lowest BCUT2D eigenvalue weighted by Crippen LogP contribution is -1.97. The van der Waals surface area contributed by atoms with Gasteiger partial charge >= 0.3 is 0 Å². The van der Waals surface area contributed by atoms with E-state index in [1.807, 2.05) is 6.07 Å². The number of rotatable bonds is 3. The smallest absolute Gasteiger partial charge is 0.174 e. The van der Waals surface area contributed by atoms with E-state index in [2.05, 4.69) is 20.2 Å². The first-order valence-corrected chi connectivity index (χ1v) is 6.11. The maximum absolute atomic E-state index is 8.62. The van der Waals surface area contributed by atoms with E-state index in [-0.39, 0.29) is 6.61 Å². The Labute approximate surface area is 119 Å². The van der Waals surface area contributed by atoms with Crippen molar-refractivity contribution in [2.45, 2.75) is 0 Å². The highest BCUT2D eigenvalue weighted by Gasteiger charge is 2.10. The molecule has 0 spiro atoms. The Bertz CT molecular complexity index is 808. The molecule has 1 N–H and O–H groups in total. The Hall–Kier alpha value is -2.65. The Morgan fingerprint density at radius 3 is 3.10 bits per heavy atom. The maximum Gasteiger partial charge on any atom is 0.174 e. The molecule has 0 radical (unpaired) electrons. The maximum atomic E-state index is 8.62. The molecular formula is C13H8ClN5O. The van der Waals surface area contributed by atoms with Crippen LogP contribution in [0.5, 0.6) is 5.75 Å². The number of hydrogen-bond acceptors (Lipinski definition) is 5. The Morgan fingerprint density at radius 2 is 2.25 bits per heavy atom. The van der Waals surface area contributed by atoms with Crippen LogP contribution in [0.2, 0.25) is 5.02 Å². The summed E-state index contributed by atoms with van der Waals surface area (Å²) >= 11 is 5.95. The van der Waals surface area contributed by atoms with Crippen LogP contribution in [0.25, 0.3) is 22.4 Å². The van der Waals surface area contributed by atoms with E-state index >= 15 is 0 Å². The number of nitrogens with zero attached hydrogens (tertiary/aromatic N) is 4. The minimum atomic E-state index is -0.0608. The molecule has 0 aliphatic rings. The number of H-pyrrole nitrogens is 1. The molecule has 3 rings (SSSR count). The van der Waals surface area contributed by atoms with Gasteiger partial charge in [-0.1, -0.05) is 11.6 Å². The van der Waals surface area contributed by atoms with Crippen molar-refractivity contribution in [2.75, 3.05) is 6.61 Å². The molecule has 6 nitrogen and oxygen atoms in total. The van der Waals surface area contributed by atoms with Crippen LogP contribution in [-0.4, -0.2) is 26.8 Å². The van der Waals surface area contributed by atoms with E-state index in [1.165, 1.54) is 0 Å². The first-order chi connectivity index (χ1) is 9.78. The molecule has 3 aromatic rings. The Morgan fingerprint density at radius 1 is 1.35 bits per heavy atom. The standard InChI is InChI=1S/C13H8ClN5O/c14-8-1-2-9(12(5-8)20-4-3-15)10-6-16-13-11(18-10)7-17-19-13/h1-2,5-7H,4H2,(H,16,17,19). The van der Waals surface area contributed by atoms with E-state index in [9.17, 15) is 0 Å². The second-order valence-electron chi connectivity index (χ2n) is 3.95. The molecule has 0 atom stereocenters. The quantitative estimate of drug-likeness (QED) is 0.799. The van der Waals surface area contributed by atoms with Gasteiger partial charge in [0.05, 0.1) is 18.1 Å². The highest BCUT2D eigenvalue weighted by atomic mass is 35.5. The summed E-state index contributed by atoms with van der Waals surface area (Å²) in [5, 5.41) is 15.8. The van der Waals surface area contributed by atoms with E-state index in [0.717, 1.165) is 5.56 Å². The second-order valence-corrected chi connectivity index (χ2v) is 4.38. The van der Waals surface area contributed by atoms with Gasteiger partial charge in [-0.2, -0.15) is 10.4 Å². The molecule has 98 valence electrons. The minimum absolute atomic E-state index is 0.0608. The molecule has 1 aromatic carbocycles. The number of aromatic nitrogens is 4. The summed E-state index contributed by atoms with van der Waals surface area (Å²) in [6.07, 6.45) is 3.21. The summed E-state index contributed by atoms with van der Waals surface area (Å²) in [7, 11) is 0. The van der Waals surface area contributed by atoms with Gasteiger partial charge in [0.2, 0.25) is 0 Å². The van der Waals surface area contributed by atoms with Crippen LogP contribution in [0.1, 0.15) is 0 Å². The van der Waals surface area contributed by atoms with Gasteiger partial charge in [-0.15, -0.1) is 0 Å². The summed E-state index contributed by atoms with van der Waals surface area (Å²) in [6.45, 7) is -0.0608. The molecule has 0 bridgehead atoms. The average molecular weight is 286 g/mol. The van der Waals surface area contributed by atoms with E-state index in [0.29, 0.717) is 27.6 Å². The number of ether oxygens (including phenoxy) is 1. The molecule has 2 aromatic heterocycles. The molecule has 0 amide bonds. The highest BCUT2D eigenvalue weighted by Crippen LogP contribution is 2.31. The van der Waals surface area contributed by atoms with Gasteiger partial charge < -0.3 is 4.74 Å². The third-order valence-electron chi connectivity index (χ3n) is 2.67. The van der Waals surface area contributed by atoms with Gasteiger partial charge in [-0.25, -0.2) is 9.97 Å². The largest absolute Gasteiger partial charge is 0.478 e. The lowest BCUT2D eigenvalue weighted by molar-refractivity contribution is 0.369. The SMILES string of the molecule is N#CCOc1cc(Cl)ccc1-c1cnc2[nH]ncc2n1. The van der Waals surface area contributed by atoms with Crippen LogP contribution in [0, 0.1) is 11.3 Å². The van der Waals surface area contributed by atoms with Gasteiger partial charge in [0.1, 0.15) is 17.3 Å². The van der Waals surface area contributed by atoms with Gasteiger partial charge in [0.25, 0.3) is 0 Å². The van der Waals surface area contributed by atoms with Crippen molar-refractivity contribution < 1.29 is 4.74 Å². The van der Waals surface area contributed by atoms with Crippen LogP contribution in [-0.2, 0) is 0 Å². The molecule has 0 saturated carbocycles. The zero-order chi connectivity index (χ0) is 13.9. The van der Waals surface area contributed by atoms with Crippen molar-refractivity contribution >= 4 is 22.8 Å². The predicted molar refractivity (Wildman–Crippen MR) is 73.2 cm³/mol. The average Bonchev–Trinajstić information content (AvgIpc) is 2.92. The Balaban J connectivity index is 2.10. The molecule has 20 heavy (non-hydrogen) atoms. The molecule has 0 saturated heterocycles. The van der Waals surface area contributed by atoms with E-state index in [1.54, 1.807) is 30.6 Å². The van der Waals surface area contributed by atoms with Gasteiger partial charge in [0, 0.05) is 10.6 Å². The fraction of sp³-hybridized carbons (Fsp3) is 0.0769. The van der Waals surface area contributed by atoms with Crippen molar-refractivity contribution in [3.05, 3.63) is 35.6 Å². The van der Waals surface area contributed by atoms with Crippen molar-refractivity contribution in [3.63, 3.8) is 0 Å². The van der Waals surface area contributed by atoms with Gasteiger partial charge in [-0.05, 0) is 18.2 Å². The van der Waals surface area contributed by atoms with Crippen LogP contribution < -0.4 is 4.74 Å². The zero-order valence-corrected chi connectivity index (χ0v) is 10.9. The van der Waals surface area contributed by atoms with Crippen LogP contribution >= 0.6 is 11.6 Å². The third-order valence-corrected chi connectivity index (χ3v) is 2.90. The number of nitrogens with one attached hydrogen (secondary N) is 1. The second kappa shape index (κ2) is 5.15. The van der Waals surface area contributed by atoms with Crippen LogP contribution in [0.4, 0.5) is 0 Å². The molecule has 0 fully saturated rings. The fourth-order valence-corrected chi connectivity index (χ4v) is 1.96. The lowest BCUT2D eigenvalue weighted by Gasteiger charge is -2.09. The van der Waals surface area contributed by atoms with Crippen molar-refractivity contribution in [1.29, 1.82) is 5.26 Å². The summed E-state index contributed by atoms with van der Waals surface area (Å²) in [4.78, 5) is 8.67. The summed E-state index contributed by atoms with van der Waals surface area (Å²) < 4.78 is 5.38. The lowest BCUT2D eigenvalue weighted by atomic mass is 10.1. The minimum Gasteiger partial charge on any atom is -0.478 e. The van der Waals surface area contributed by atoms with Crippen molar-refractivity contribution in [3.8, 4) is 23.1 Å². The normalized spacial score (nSPS) is 10.4. The van der Waals surface area contributed by atoms with E-state index in [4.69, 9.17) is 21.6 Å². The Kier molecular flexibility index (Phi) is 3.19. The highest BCUT2D eigenvalue weighted by molar-refractivity contribution is 6.30. The zero-order valence-electron chi connectivity index (χ0n) is 10.2. The number of halogens is 1. The molecule has 0 aliphatic heterocycles. The first-order valence-electron chi connectivity index (χ1n) is 5.74. The number of nitriles is 1.